The van der Waals surface area contributed by atoms with Crippen LogP contribution < -0.4 is 9.62 Å². The van der Waals surface area contributed by atoms with Crippen LogP contribution in [0, 0.1) is 23.2 Å². The largest absolute Gasteiger partial charge is 0.417 e. The smallest absolute Gasteiger partial charge is 0.366 e. The van der Waals surface area contributed by atoms with Crippen LogP contribution >= 0.6 is 0 Å². The van der Waals surface area contributed by atoms with Crippen molar-refractivity contribution in [2.45, 2.75) is 50.6 Å². The van der Waals surface area contributed by atoms with Crippen LogP contribution in [0.1, 0.15) is 38.3 Å². The van der Waals surface area contributed by atoms with Gasteiger partial charge >= 0.3 is 6.18 Å². The summed E-state index contributed by atoms with van der Waals surface area (Å²) in [6, 6.07) is 3.33. The lowest BCUT2D eigenvalue weighted by molar-refractivity contribution is -0.138. The number of carbonyl (C=O) groups is 2. The first-order valence-electron chi connectivity index (χ1n) is 9.88. The highest BCUT2D eigenvalue weighted by atomic mass is 32.2. The molecule has 172 valence electrons. The second-order valence-corrected chi connectivity index (χ2v) is 10.7. The van der Waals surface area contributed by atoms with Gasteiger partial charge in [0.05, 0.1) is 57.7 Å². The minimum Gasteiger partial charge on any atom is -0.366 e. The summed E-state index contributed by atoms with van der Waals surface area (Å²) >= 11 is 0. The Hall–Kier alpha value is -2.49. The molecule has 0 radical (unpaired) electrons. The topological polar surface area (TPSA) is 117 Å². The summed E-state index contributed by atoms with van der Waals surface area (Å²) in [5.74, 6) is -3.68. The molecule has 3 aliphatic rings. The molecule has 2 bridgehead atoms. The van der Waals surface area contributed by atoms with E-state index in [1.54, 1.807) is 13.8 Å². The molecule has 8 nitrogen and oxygen atoms in total. The molecule has 0 spiro atoms. The first kappa shape index (κ1) is 22.7. The highest BCUT2D eigenvalue weighted by Gasteiger charge is 2.76. The molecule has 1 unspecified atom stereocenters. The van der Waals surface area contributed by atoms with Crippen molar-refractivity contribution >= 4 is 27.5 Å². The van der Waals surface area contributed by atoms with E-state index in [4.69, 9.17) is 10.00 Å². The predicted octanol–water partition coefficient (Wildman–Crippen LogP) is 1.94. The Balaban J connectivity index is 1.76. The number of fused-ring (bicyclic) bond motifs is 5. The lowest BCUT2D eigenvalue weighted by Gasteiger charge is -2.35. The summed E-state index contributed by atoms with van der Waals surface area (Å²) in [7, 11) is -3.64. The quantitative estimate of drug-likeness (QED) is 0.671. The number of alkyl halides is 3. The number of halogens is 3. The molecule has 3 fully saturated rings. The molecule has 3 aliphatic heterocycles. The number of hydrogen-bond acceptors (Lipinski definition) is 6. The molecule has 1 N–H and O–H groups in total. The van der Waals surface area contributed by atoms with E-state index >= 15 is 0 Å². The Kier molecular flexibility index (Phi) is 4.79. The second kappa shape index (κ2) is 6.76. The maximum atomic E-state index is 13.4. The van der Waals surface area contributed by atoms with Crippen molar-refractivity contribution in [1.29, 1.82) is 5.26 Å². The molecule has 3 saturated heterocycles. The van der Waals surface area contributed by atoms with Crippen LogP contribution in [0.5, 0.6) is 0 Å². The van der Waals surface area contributed by atoms with Crippen LogP contribution in [-0.4, -0.2) is 43.2 Å². The maximum absolute atomic E-state index is 13.4. The normalized spacial score (nSPS) is 34.2. The zero-order valence-corrected chi connectivity index (χ0v) is 18.2. The third kappa shape index (κ3) is 3.06. The number of ether oxygens (including phenoxy) is 1. The van der Waals surface area contributed by atoms with E-state index < -0.39 is 68.2 Å². The minimum atomic E-state index is -4.85. The van der Waals surface area contributed by atoms with Gasteiger partial charge < -0.3 is 4.74 Å². The summed E-state index contributed by atoms with van der Waals surface area (Å²) < 4.78 is 73.0. The predicted molar refractivity (Wildman–Crippen MR) is 105 cm³/mol. The van der Waals surface area contributed by atoms with Gasteiger partial charge in [-0.2, -0.15) is 18.4 Å². The SMILES string of the molecule is CCS(=O)(=O)NC1C[C@@]2(C)O[C@]1(C)[C@@H]1C(=O)N(c3ccc(C#N)c(C(F)(F)F)c3)C(=O)[C@@H]12. The van der Waals surface area contributed by atoms with Gasteiger partial charge in [0.25, 0.3) is 0 Å². The fourth-order valence-corrected chi connectivity index (χ4v) is 6.19. The molecule has 2 amide bonds. The fraction of sp³-hybridized carbons (Fsp3) is 0.550. The van der Waals surface area contributed by atoms with Gasteiger partial charge in [0.15, 0.2) is 0 Å². The van der Waals surface area contributed by atoms with Crippen LogP contribution in [0.2, 0.25) is 0 Å². The third-order valence-electron chi connectivity index (χ3n) is 6.73. The number of amides is 2. The average molecular weight is 471 g/mol. The van der Waals surface area contributed by atoms with Gasteiger partial charge in [-0.25, -0.2) is 18.0 Å². The van der Waals surface area contributed by atoms with Crippen LogP contribution in [0.15, 0.2) is 18.2 Å². The van der Waals surface area contributed by atoms with Crippen molar-refractivity contribution in [2.75, 3.05) is 10.7 Å². The molecule has 12 heteroatoms. The van der Waals surface area contributed by atoms with E-state index in [2.05, 4.69) is 4.72 Å². The van der Waals surface area contributed by atoms with E-state index in [-0.39, 0.29) is 17.9 Å². The third-order valence-corrected chi connectivity index (χ3v) is 8.13. The average Bonchev–Trinajstić information content (AvgIpc) is 3.21. The second-order valence-electron chi connectivity index (χ2n) is 8.68. The Morgan fingerprint density at radius 2 is 1.88 bits per heavy atom. The highest BCUT2D eigenvalue weighted by Crippen LogP contribution is 2.61. The van der Waals surface area contributed by atoms with E-state index in [0.717, 1.165) is 12.1 Å². The zero-order valence-electron chi connectivity index (χ0n) is 17.4. The monoisotopic (exact) mass is 471 g/mol. The van der Waals surface area contributed by atoms with Crippen molar-refractivity contribution in [2.24, 2.45) is 11.8 Å². The first-order valence-corrected chi connectivity index (χ1v) is 11.5. The van der Waals surface area contributed by atoms with Gasteiger partial charge in [0.1, 0.15) is 0 Å². The van der Waals surface area contributed by atoms with Crippen molar-refractivity contribution < 1.29 is 35.9 Å². The number of rotatable bonds is 4. The molecule has 1 aromatic carbocycles. The first-order chi connectivity index (χ1) is 14.7. The minimum absolute atomic E-state index is 0.137. The number of imide groups is 1. The summed E-state index contributed by atoms with van der Waals surface area (Å²) in [5, 5.41) is 8.99. The van der Waals surface area contributed by atoms with Gasteiger partial charge in [0, 0.05) is 0 Å². The van der Waals surface area contributed by atoms with Gasteiger partial charge in [-0.15, -0.1) is 0 Å². The fourth-order valence-electron chi connectivity index (χ4n) is 5.27. The van der Waals surface area contributed by atoms with E-state index in [1.807, 2.05) is 0 Å². The molecule has 0 aliphatic carbocycles. The van der Waals surface area contributed by atoms with E-state index in [9.17, 15) is 31.2 Å². The molecular formula is C20H20F3N3O5S. The molecule has 0 aromatic heterocycles. The van der Waals surface area contributed by atoms with Gasteiger partial charge in [-0.1, -0.05) is 0 Å². The lowest BCUT2D eigenvalue weighted by atomic mass is 9.67. The van der Waals surface area contributed by atoms with E-state index in [1.165, 1.54) is 13.0 Å². The van der Waals surface area contributed by atoms with Gasteiger partial charge in [-0.3, -0.25) is 9.59 Å². The number of carbonyl (C=O) groups excluding carboxylic acids is 2. The lowest BCUT2D eigenvalue weighted by Crippen LogP contribution is -2.56. The zero-order chi connectivity index (χ0) is 23.9. The summed E-state index contributed by atoms with van der Waals surface area (Å²) in [5.41, 5.74) is -4.68. The van der Waals surface area contributed by atoms with Crippen LogP contribution in [0.3, 0.4) is 0 Å². The number of nitrogens with zero attached hydrogens (tertiary/aromatic N) is 2. The molecule has 1 aromatic rings. The van der Waals surface area contributed by atoms with Crippen LogP contribution in [0.25, 0.3) is 0 Å². The Bertz CT molecular complexity index is 1180. The number of sulfonamides is 1. The number of hydrogen-bond donors (Lipinski definition) is 1. The highest BCUT2D eigenvalue weighted by molar-refractivity contribution is 7.89. The Labute approximate surface area is 182 Å². The molecule has 0 saturated carbocycles. The maximum Gasteiger partial charge on any atom is 0.417 e. The molecular weight excluding hydrogens is 451 g/mol. The van der Waals surface area contributed by atoms with Crippen molar-refractivity contribution in [3.8, 4) is 6.07 Å². The van der Waals surface area contributed by atoms with Crippen molar-refractivity contribution in [1.82, 2.24) is 4.72 Å². The molecule has 5 atom stereocenters. The number of anilines is 1. The Morgan fingerprint density at radius 3 is 2.44 bits per heavy atom. The molecule has 4 rings (SSSR count). The number of nitriles is 1. The van der Waals surface area contributed by atoms with E-state index in [0.29, 0.717) is 11.0 Å². The van der Waals surface area contributed by atoms with Gasteiger partial charge in [0.2, 0.25) is 21.8 Å². The van der Waals surface area contributed by atoms with Crippen molar-refractivity contribution in [3.05, 3.63) is 29.3 Å². The standard InChI is InChI=1S/C20H20F3N3O5S/c1-4-32(29,30)25-13-8-18(2)14-15(19(13,3)31-18)17(28)26(16(14)27)11-6-5-10(9-24)12(7-11)20(21,22)23/h5-7,13-15,25H,4,8H2,1-3H3/t13?,14-,15+,18-,19+/m1/s1. The number of nitrogens with one attached hydrogen (secondary N) is 1. The summed E-state index contributed by atoms with van der Waals surface area (Å²) in [6.45, 7) is 4.60. The number of benzene rings is 1. The van der Waals surface area contributed by atoms with Gasteiger partial charge in [-0.05, 0) is 45.4 Å². The Morgan fingerprint density at radius 1 is 1.25 bits per heavy atom. The van der Waals surface area contributed by atoms with Crippen LogP contribution in [-0.2, 0) is 30.5 Å². The summed E-state index contributed by atoms with van der Waals surface area (Å²) in [6.07, 6.45) is -4.72. The molecule has 32 heavy (non-hydrogen) atoms. The van der Waals surface area contributed by atoms with Crippen molar-refractivity contribution in [3.63, 3.8) is 0 Å². The summed E-state index contributed by atoms with van der Waals surface area (Å²) in [4.78, 5) is 27.3. The van der Waals surface area contributed by atoms with Crippen LogP contribution in [0.4, 0.5) is 18.9 Å². The molecule has 3 heterocycles.